The fraction of sp³-hybridized carbons (Fsp3) is 0.333. The van der Waals surface area contributed by atoms with Gasteiger partial charge in [-0.25, -0.2) is 4.98 Å². The Kier molecular flexibility index (Phi) is 6.84. The number of oxazole rings is 1. The summed E-state index contributed by atoms with van der Waals surface area (Å²) in [6.07, 6.45) is 6.53. The SMILES string of the molecule is CC(C)c1ccc2oc(-c3ccc(NC(=O)COc4ccc(C5CCCCC5)cc4)cc3)nc2c1. The maximum atomic E-state index is 12.4. The molecule has 1 fully saturated rings. The molecule has 5 heteroatoms. The number of nitrogens with one attached hydrogen (secondary N) is 1. The van der Waals surface area contributed by atoms with Crippen LogP contribution in [0.3, 0.4) is 0 Å². The summed E-state index contributed by atoms with van der Waals surface area (Å²) in [5, 5.41) is 2.89. The molecule has 0 spiro atoms. The number of hydrogen-bond acceptors (Lipinski definition) is 4. The molecule has 1 heterocycles. The summed E-state index contributed by atoms with van der Waals surface area (Å²) in [6, 6.07) is 21.8. The molecule has 0 saturated heterocycles. The van der Waals surface area contributed by atoms with Crippen LogP contribution < -0.4 is 10.1 Å². The number of fused-ring (bicyclic) bond motifs is 1. The molecule has 0 aliphatic heterocycles. The number of rotatable bonds is 7. The standard InChI is InChI=1S/C30H32N2O3/c1-20(2)24-12-17-28-27(18-24)32-30(35-28)23-8-13-25(14-9-23)31-29(33)19-34-26-15-10-22(11-16-26)21-6-4-3-5-7-21/h8-18,20-21H,3-7,19H2,1-2H3,(H,31,33). The second-order valence-electron chi connectivity index (χ2n) is 9.72. The van der Waals surface area contributed by atoms with E-state index in [9.17, 15) is 4.79 Å². The lowest BCUT2D eigenvalue weighted by Crippen LogP contribution is -2.20. The molecular weight excluding hydrogens is 436 g/mol. The number of amides is 1. The van der Waals surface area contributed by atoms with Crippen molar-refractivity contribution in [2.75, 3.05) is 11.9 Å². The van der Waals surface area contributed by atoms with Crippen LogP contribution in [0.5, 0.6) is 5.75 Å². The number of anilines is 1. The van der Waals surface area contributed by atoms with Crippen molar-refractivity contribution < 1.29 is 13.9 Å². The lowest BCUT2D eigenvalue weighted by atomic mass is 9.84. The predicted octanol–water partition coefficient (Wildman–Crippen LogP) is 7.68. The van der Waals surface area contributed by atoms with Crippen molar-refractivity contribution in [1.82, 2.24) is 4.98 Å². The number of hydrogen-bond donors (Lipinski definition) is 1. The Morgan fingerprint density at radius 2 is 1.74 bits per heavy atom. The molecule has 0 radical (unpaired) electrons. The lowest BCUT2D eigenvalue weighted by molar-refractivity contribution is -0.118. The average molecular weight is 469 g/mol. The monoisotopic (exact) mass is 468 g/mol. The Morgan fingerprint density at radius 1 is 1.00 bits per heavy atom. The van der Waals surface area contributed by atoms with E-state index in [1.165, 1.54) is 43.2 Å². The van der Waals surface area contributed by atoms with Crippen molar-refractivity contribution in [1.29, 1.82) is 0 Å². The van der Waals surface area contributed by atoms with Crippen molar-refractivity contribution in [3.05, 3.63) is 77.9 Å². The predicted molar refractivity (Wildman–Crippen MR) is 140 cm³/mol. The molecule has 35 heavy (non-hydrogen) atoms. The van der Waals surface area contributed by atoms with E-state index in [0.717, 1.165) is 16.7 Å². The summed E-state index contributed by atoms with van der Waals surface area (Å²) < 4.78 is 11.6. The number of nitrogens with zero attached hydrogens (tertiary/aromatic N) is 1. The van der Waals surface area contributed by atoms with Gasteiger partial charge >= 0.3 is 0 Å². The Bertz CT molecular complexity index is 1280. The van der Waals surface area contributed by atoms with Crippen LogP contribution in [-0.2, 0) is 4.79 Å². The van der Waals surface area contributed by atoms with Gasteiger partial charge in [0.15, 0.2) is 12.2 Å². The fourth-order valence-corrected chi connectivity index (χ4v) is 4.74. The quantitative estimate of drug-likeness (QED) is 0.302. The highest BCUT2D eigenvalue weighted by atomic mass is 16.5. The summed E-state index contributed by atoms with van der Waals surface area (Å²) in [5.74, 6) is 2.19. The van der Waals surface area contributed by atoms with E-state index >= 15 is 0 Å². The first-order valence-corrected chi connectivity index (χ1v) is 12.6. The molecule has 1 aliphatic carbocycles. The molecule has 1 saturated carbocycles. The van der Waals surface area contributed by atoms with E-state index in [1.807, 2.05) is 42.5 Å². The van der Waals surface area contributed by atoms with Crippen LogP contribution in [0.25, 0.3) is 22.6 Å². The van der Waals surface area contributed by atoms with Gasteiger partial charge in [-0.3, -0.25) is 4.79 Å². The van der Waals surface area contributed by atoms with Crippen LogP contribution in [-0.4, -0.2) is 17.5 Å². The van der Waals surface area contributed by atoms with E-state index in [1.54, 1.807) is 0 Å². The smallest absolute Gasteiger partial charge is 0.262 e. The van der Waals surface area contributed by atoms with Gasteiger partial charge in [0, 0.05) is 11.3 Å². The molecule has 0 bridgehead atoms. The molecule has 5 nitrogen and oxygen atoms in total. The van der Waals surface area contributed by atoms with Crippen molar-refractivity contribution in [2.45, 2.75) is 57.8 Å². The maximum absolute atomic E-state index is 12.4. The van der Waals surface area contributed by atoms with Gasteiger partial charge in [0.2, 0.25) is 5.89 Å². The summed E-state index contributed by atoms with van der Waals surface area (Å²) in [6.45, 7) is 4.29. The Morgan fingerprint density at radius 3 is 2.46 bits per heavy atom. The zero-order valence-corrected chi connectivity index (χ0v) is 20.4. The minimum Gasteiger partial charge on any atom is -0.484 e. The number of carbonyl (C=O) groups excluding carboxylic acids is 1. The molecule has 4 aromatic rings. The molecule has 1 N–H and O–H groups in total. The molecule has 3 aromatic carbocycles. The number of benzene rings is 3. The third-order valence-electron chi connectivity index (χ3n) is 6.82. The first-order valence-electron chi connectivity index (χ1n) is 12.6. The highest BCUT2D eigenvalue weighted by Crippen LogP contribution is 2.33. The summed E-state index contributed by atoms with van der Waals surface area (Å²) >= 11 is 0. The fourth-order valence-electron chi connectivity index (χ4n) is 4.74. The lowest BCUT2D eigenvalue weighted by Gasteiger charge is -2.22. The van der Waals surface area contributed by atoms with Gasteiger partial charge in [0.1, 0.15) is 11.3 Å². The van der Waals surface area contributed by atoms with Crippen molar-refractivity contribution >= 4 is 22.7 Å². The van der Waals surface area contributed by atoms with Crippen LogP contribution in [0.4, 0.5) is 5.69 Å². The molecule has 1 aromatic heterocycles. The van der Waals surface area contributed by atoms with Gasteiger partial charge in [0.25, 0.3) is 5.91 Å². The molecule has 1 aliphatic rings. The van der Waals surface area contributed by atoms with Gasteiger partial charge in [-0.15, -0.1) is 0 Å². The summed E-state index contributed by atoms with van der Waals surface area (Å²) in [4.78, 5) is 17.0. The van der Waals surface area contributed by atoms with Crippen LogP contribution in [0.2, 0.25) is 0 Å². The number of carbonyl (C=O) groups is 1. The molecule has 1 amide bonds. The normalized spacial score (nSPS) is 14.4. The zero-order valence-electron chi connectivity index (χ0n) is 20.4. The molecule has 0 unspecified atom stereocenters. The second-order valence-corrected chi connectivity index (χ2v) is 9.72. The minimum atomic E-state index is -0.197. The molecular formula is C30H32N2O3. The molecule has 5 rings (SSSR count). The van der Waals surface area contributed by atoms with E-state index in [4.69, 9.17) is 9.15 Å². The van der Waals surface area contributed by atoms with E-state index in [2.05, 4.69) is 48.4 Å². The van der Waals surface area contributed by atoms with Gasteiger partial charge < -0.3 is 14.5 Å². The first kappa shape index (κ1) is 23.2. The average Bonchev–Trinajstić information content (AvgIpc) is 3.32. The van der Waals surface area contributed by atoms with Crippen molar-refractivity contribution in [3.8, 4) is 17.2 Å². The molecule has 0 atom stereocenters. The highest BCUT2D eigenvalue weighted by Gasteiger charge is 2.15. The summed E-state index contributed by atoms with van der Waals surface area (Å²) in [7, 11) is 0. The van der Waals surface area contributed by atoms with E-state index in [0.29, 0.717) is 29.2 Å². The Labute approximate surface area is 206 Å². The Hall–Kier alpha value is -3.60. The third-order valence-corrected chi connectivity index (χ3v) is 6.82. The summed E-state index contributed by atoms with van der Waals surface area (Å²) in [5.41, 5.74) is 5.80. The van der Waals surface area contributed by atoms with Gasteiger partial charge in [-0.1, -0.05) is 51.3 Å². The van der Waals surface area contributed by atoms with Gasteiger partial charge in [-0.05, 0) is 84.3 Å². The minimum absolute atomic E-state index is 0.0339. The van der Waals surface area contributed by atoms with Crippen molar-refractivity contribution in [3.63, 3.8) is 0 Å². The Balaban J connectivity index is 1.16. The van der Waals surface area contributed by atoms with Gasteiger partial charge in [-0.2, -0.15) is 0 Å². The second kappa shape index (κ2) is 10.3. The largest absolute Gasteiger partial charge is 0.484 e. The van der Waals surface area contributed by atoms with Crippen LogP contribution in [0.15, 0.2) is 71.1 Å². The number of aromatic nitrogens is 1. The topological polar surface area (TPSA) is 64.4 Å². The van der Waals surface area contributed by atoms with E-state index < -0.39 is 0 Å². The maximum Gasteiger partial charge on any atom is 0.262 e. The van der Waals surface area contributed by atoms with Crippen molar-refractivity contribution in [2.24, 2.45) is 0 Å². The number of ether oxygens (including phenoxy) is 1. The first-order chi connectivity index (χ1) is 17.0. The molecule has 180 valence electrons. The third kappa shape index (κ3) is 5.56. The van der Waals surface area contributed by atoms with E-state index in [-0.39, 0.29) is 12.5 Å². The van der Waals surface area contributed by atoms with Crippen LogP contribution in [0, 0.1) is 0 Å². The van der Waals surface area contributed by atoms with Crippen LogP contribution in [0.1, 0.15) is 68.9 Å². The zero-order chi connectivity index (χ0) is 24.2. The highest BCUT2D eigenvalue weighted by molar-refractivity contribution is 5.92. The van der Waals surface area contributed by atoms with Crippen LogP contribution >= 0.6 is 0 Å². The van der Waals surface area contributed by atoms with Gasteiger partial charge in [0.05, 0.1) is 0 Å².